The number of hydroxylamine groups is 3. The zero-order valence-corrected chi connectivity index (χ0v) is 19.1. The molecule has 0 spiro atoms. The molecule has 0 aromatic rings. The Morgan fingerprint density at radius 2 is 2.03 bits per heavy atom. The third-order valence-electron chi connectivity index (χ3n) is 6.24. The molecule has 0 aromatic heterocycles. The smallest absolute Gasteiger partial charge is 0.344 e. The first-order valence-corrected chi connectivity index (χ1v) is 13.0. The molecule has 3 rings (SSSR count). The van der Waals surface area contributed by atoms with Crippen LogP contribution in [0, 0.1) is 0 Å². The molecule has 2 bridgehead atoms. The van der Waals surface area contributed by atoms with Crippen molar-refractivity contribution in [2.24, 2.45) is 0 Å². The van der Waals surface area contributed by atoms with E-state index < -0.39 is 20.3 Å². The van der Waals surface area contributed by atoms with Crippen molar-refractivity contribution in [1.29, 1.82) is 0 Å². The highest BCUT2D eigenvalue weighted by molar-refractivity contribution is 6.74. The van der Waals surface area contributed by atoms with Crippen LogP contribution in [0.25, 0.3) is 0 Å². The van der Waals surface area contributed by atoms with Crippen LogP contribution in [0.15, 0.2) is 11.6 Å². The summed E-state index contributed by atoms with van der Waals surface area (Å²) in [5, 5.41) is 4.18. The molecule has 0 radical (unpaired) electrons. The van der Waals surface area contributed by atoms with E-state index in [9.17, 15) is 14.4 Å². The van der Waals surface area contributed by atoms with Gasteiger partial charge in [0.05, 0.1) is 25.2 Å². The summed E-state index contributed by atoms with van der Waals surface area (Å²) in [6, 6.07) is -1.33. The maximum absolute atomic E-state index is 13.0. The van der Waals surface area contributed by atoms with Crippen LogP contribution >= 0.6 is 0 Å². The van der Waals surface area contributed by atoms with Gasteiger partial charge in [-0.3, -0.25) is 14.4 Å². The predicted molar refractivity (Wildman–Crippen MR) is 109 cm³/mol. The molecule has 10 heteroatoms. The van der Waals surface area contributed by atoms with Crippen LogP contribution in [0.2, 0.25) is 18.1 Å². The Balaban J connectivity index is 1.62. The third-order valence-corrected chi connectivity index (χ3v) is 10.5. The number of carbonyl (C=O) groups is 3. The van der Waals surface area contributed by atoms with Crippen molar-refractivity contribution < 1.29 is 23.7 Å². The van der Waals surface area contributed by atoms with Gasteiger partial charge in [0.1, 0.15) is 6.04 Å². The minimum Gasteiger partial charge on any atom is -0.351 e. The number of nitrogens with one attached hydrogen (secondary N) is 2. The maximum atomic E-state index is 13.0. The Kier molecular flexibility index (Phi) is 5.81. The fourth-order valence-electron chi connectivity index (χ4n) is 3.51. The molecule has 2 saturated heterocycles. The fraction of sp³-hybridized carbons (Fsp3) is 0.737. The monoisotopic (exact) mass is 424 g/mol. The second-order valence-corrected chi connectivity index (χ2v) is 14.3. The zero-order chi connectivity index (χ0) is 21.6. The average Bonchev–Trinajstić information content (AvgIpc) is 3.11. The van der Waals surface area contributed by atoms with Crippen molar-refractivity contribution in [2.75, 3.05) is 13.2 Å². The van der Waals surface area contributed by atoms with Crippen molar-refractivity contribution in [3.05, 3.63) is 11.6 Å². The number of hydrogen-bond donors (Lipinski definition) is 2. The molecule has 9 nitrogen and oxygen atoms in total. The second-order valence-electron chi connectivity index (χ2n) is 9.57. The molecular weight excluding hydrogens is 392 g/mol. The van der Waals surface area contributed by atoms with Gasteiger partial charge >= 0.3 is 6.03 Å². The molecule has 0 aliphatic carbocycles. The number of fused-ring (bicyclic) bond motifs is 2. The van der Waals surface area contributed by atoms with E-state index in [2.05, 4.69) is 44.7 Å². The lowest BCUT2D eigenvalue weighted by Gasteiger charge is -2.39. The molecule has 3 aliphatic heterocycles. The topological polar surface area (TPSA) is 100 Å². The van der Waals surface area contributed by atoms with Gasteiger partial charge in [0.2, 0.25) is 14.2 Å². The van der Waals surface area contributed by atoms with Crippen LogP contribution in [0.4, 0.5) is 4.79 Å². The molecular formula is C19H32N4O5Si. The fourth-order valence-corrected chi connectivity index (χ4v) is 4.49. The largest absolute Gasteiger partial charge is 0.351 e. The molecule has 2 N–H and O–H groups in total. The molecule has 4 amide bonds. The van der Waals surface area contributed by atoms with Crippen molar-refractivity contribution in [3.8, 4) is 0 Å². The number of amides is 4. The first-order valence-electron chi connectivity index (χ1n) is 10.1. The highest BCUT2D eigenvalue weighted by Crippen LogP contribution is 2.39. The number of urea groups is 1. The minimum absolute atomic E-state index is 0.00786. The van der Waals surface area contributed by atoms with Crippen LogP contribution in [0.5, 0.6) is 0 Å². The van der Waals surface area contributed by atoms with E-state index in [1.54, 1.807) is 0 Å². The molecule has 0 aromatic carbocycles. The predicted octanol–water partition coefficient (Wildman–Crippen LogP) is 1.68. The summed E-state index contributed by atoms with van der Waals surface area (Å²) >= 11 is 0. The summed E-state index contributed by atoms with van der Waals surface area (Å²) in [4.78, 5) is 43.8. The van der Waals surface area contributed by atoms with Crippen LogP contribution in [0.3, 0.4) is 0 Å². The van der Waals surface area contributed by atoms with Gasteiger partial charge in [-0.15, -0.1) is 0 Å². The third kappa shape index (κ3) is 4.34. The Morgan fingerprint density at radius 1 is 1.34 bits per heavy atom. The van der Waals surface area contributed by atoms with Gasteiger partial charge in [0.25, 0.3) is 5.91 Å². The van der Waals surface area contributed by atoms with Crippen molar-refractivity contribution in [3.63, 3.8) is 0 Å². The van der Waals surface area contributed by atoms with Crippen LogP contribution in [-0.4, -0.2) is 67.4 Å². The highest BCUT2D eigenvalue weighted by Gasteiger charge is 2.51. The molecule has 2 fully saturated rings. The van der Waals surface area contributed by atoms with Crippen molar-refractivity contribution in [2.45, 2.75) is 76.8 Å². The normalized spacial score (nSPS) is 27.2. The quantitative estimate of drug-likeness (QED) is 0.384. The van der Waals surface area contributed by atoms with E-state index in [1.807, 2.05) is 13.0 Å². The van der Waals surface area contributed by atoms with Crippen LogP contribution < -0.4 is 10.8 Å². The first-order chi connectivity index (χ1) is 13.4. The summed E-state index contributed by atoms with van der Waals surface area (Å²) in [5.74, 6) is -0.407. The zero-order valence-electron chi connectivity index (χ0n) is 18.1. The Labute approximate surface area is 172 Å². The molecule has 3 heterocycles. The number of carbonyl (C=O) groups excluding carboxylic acids is 3. The SMILES string of the molecule is CC1=C[C@@H]2CN(C(=O)N2O[Si](C)(C)C(C)(C)C)[C@@H]1C(=O)NOC[C@@H]1CCC(=O)N1. The maximum Gasteiger partial charge on any atom is 0.344 e. The molecule has 0 saturated carbocycles. The molecule has 162 valence electrons. The summed E-state index contributed by atoms with van der Waals surface area (Å²) in [6.45, 7) is 13.0. The lowest BCUT2D eigenvalue weighted by Crippen LogP contribution is -2.51. The Bertz CT molecular complexity index is 733. The first kappa shape index (κ1) is 21.8. The van der Waals surface area contributed by atoms with Gasteiger partial charge in [0.15, 0.2) is 0 Å². The van der Waals surface area contributed by atoms with E-state index in [-0.39, 0.29) is 35.7 Å². The molecule has 0 unspecified atom stereocenters. The van der Waals surface area contributed by atoms with Gasteiger partial charge in [-0.25, -0.2) is 15.3 Å². The number of nitrogens with zero attached hydrogens (tertiary/aromatic N) is 2. The number of rotatable bonds is 6. The lowest BCUT2D eigenvalue weighted by molar-refractivity contribution is -0.137. The van der Waals surface area contributed by atoms with Crippen LogP contribution in [0.1, 0.15) is 40.5 Å². The Hall–Kier alpha value is -1.91. The molecule has 29 heavy (non-hydrogen) atoms. The standard InChI is InChI=1S/C19H32N4O5Si/c1-12-9-14-10-22(18(26)23(14)28-29(5,6)19(2,3)4)16(12)17(25)21-27-11-13-7-8-15(24)20-13/h9,13-14,16H,7-8,10-11H2,1-6H3,(H,20,24)(H,21,25)/t13-,14+,16-/m0/s1. The highest BCUT2D eigenvalue weighted by atomic mass is 28.4. The van der Waals surface area contributed by atoms with Crippen molar-refractivity contribution >= 4 is 26.2 Å². The van der Waals surface area contributed by atoms with E-state index in [0.29, 0.717) is 19.4 Å². The van der Waals surface area contributed by atoms with E-state index in [0.717, 1.165) is 5.57 Å². The van der Waals surface area contributed by atoms with Gasteiger partial charge in [-0.1, -0.05) is 26.8 Å². The lowest BCUT2D eigenvalue weighted by atomic mass is 10.0. The molecule has 3 aliphatic rings. The van der Waals surface area contributed by atoms with Gasteiger partial charge in [-0.2, -0.15) is 0 Å². The van der Waals surface area contributed by atoms with Crippen molar-refractivity contribution in [1.82, 2.24) is 20.8 Å². The van der Waals surface area contributed by atoms with Gasteiger partial charge in [0, 0.05) is 6.42 Å². The average molecular weight is 425 g/mol. The van der Waals surface area contributed by atoms with Crippen LogP contribution in [-0.2, 0) is 19.0 Å². The summed E-state index contributed by atoms with van der Waals surface area (Å²) in [7, 11) is -2.20. The molecule has 3 atom stereocenters. The summed E-state index contributed by atoms with van der Waals surface area (Å²) in [6.07, 6.45) is 3.08. The van der Waals surface area contributed by atoms with E-state index in [1.165, 1.54) is 9.96 Å². The Morgan fingerprint density at radius 3 is 2.62 bits per heavy atom. The summed E-state index contributed by atoms with van der Waals surface area (Å²) < 4.78 is 6.26. The van der Waals surface area contributed by atoms with Gasteiger partial charge in [-0.05, 0) is 37.0 Å². The second kappa shape index (κ2) is 7.73. The minimum atomic E-state index is -2.20. The van der Waals surface area contributed by atoms with Gasteiger partial charge < -0.3 is 14.7 Å². The van der Waals surface area contributed by atoms with E-state index >= 15 is 0 Å². The number of hydrogen-bond acceptors (Lipinski definition) is 5. The summed E-state index contributed by atoms with van der Waals surface area (Å²) in [5.41, 5.74) is 3.22. The van der Waals surface area contributed by atoms with E-state index in [4.69, 9.17) is 9.36 Å².